The van der Waals surface area contributed by atoms with Crippen LogP contribution in [0.2, 0.25) is 0 Å². The number of hydrogen-bond acceptors (Lipinski definition) is 4. The molecule has 0 amide bonds. The lowest BCUT2D eigenvalue weighted by Gasteiger charge is -2.15. The number of ether oxygens (including phenoxy) is 1. The summed E-state index contributed by atoms with van der Waals surface area (Å²) in [6.45, 7) is 4.33. The number of pyridine rings is 1. The first-order valence-corrected chi connectivity index (χ1v) is 7.04. The summed E-state index contributed by atoms with van der Waals surface area (Å²) in [6.07, 6.45) is 0. The molecule has 0 bridgehead atoms. The molecule has 4 nitrogen and oxygen atoms in total. The van der Waals surface area contributed by atoms with Gasteiger partial charge in [-0.2, -0.15) is 0 Å². The molecule has 0 radical (unpaired) electrons. The van der Waals surface area contributed by atoms with Gasteiger partial charge in [0.05, 0.1) is 19.3 Å². The molecular weight excluding hydrogens is 320 g/mol. The minimum atomic E-state index is 0.192. The number of methoxy groups -OCH3 is 1. The lowest BCUT2D eigenvalue weighted by molar-refractivity contribution is 0.415. The number of nitrogens with one attached hydrogen (secondary N) is 1. The highest BCUT2D eigenvalue weighted by atomic mass is 79.9. The van der Waals surface area contributed by atoms with E-state index in [1.165, 1.54) is 0 Å². The molecule has 0 saturated heterocycles. The molecular formula is C15H17BrN2O2. The summed E-state index contributed by atoms with van der Waals surface area (Å²) in [5.74, 6) is 0.945. The first-order chi connectivity index (χ1) is 9.51. The van der Waals surface area contributed by atoms with Crippen molar-refractivity contribution in [2.24, 2.45) is 0 Å². The van der Waals surface area contributed by atoms with Gasteiger partial charge in [-0.3, -0.25) is 4.98 Å². The number of halogens is 1. The zero-order chi connectivity index (χ0) is 14.7. The lowest BCUT2D eigenvalue weighted by Crippen LogP contribution is -2.05. The van der Waals surface area contributed by atoms with E-state index in [-0.39, 0.29) is 5.75 Å². The van der Waals surface area contributed by atoms with Crippen molar-refractivity contribution >= 4 is 21.6 Å². The highest BCUT2D eigenvalue weighted by Gasteiger charge is 2.10. The fourth-order valence-electron chi connectivity index (χ4n) is 2.01. The third-order valence-corrected chi connectivity index (χ3v) is 3.46. The van der Waals surface area contributed by atoms with Crippen molar-refractivity contribution in [2.75, 3.05) is 12.4 Å². The first-order valence-electron chi connectivity index (χ1n) is 6.24. The van der Waals surface area contributed by atoms with Crippen LogP contribution < -0.4 is 10.1 Å². The maximum Gasteiger partial charge on any atom is 0.143 e. The van der Waals surface area contributed by atoms with E-state index in [1.54, 1.807) is 19.2 Å². The van der Waals surface area contributed by atoms with E-state index in [4.69, 9.17) is 4.74 Å². The van der Waals surface area contributed by atoms with Crippen LogP contribution in [0.3, 0.4) is 0 Å². The van der Waals surface area contributed by atoms with Crippen LogP contribution in [0.25, 0.3) is 0 Å². The quantitative estimate of drug-likeness (QED) is 0.891. The molecule has 1 heterocycles. The molecule has 2 aromatic rings. The third kappa shape index (κ3) is 3.22. The van der Waals surface area contributed by atoms with Crippen LogP contribution >= 0.6 is 15.9 Å². The van der Waals surface area contributed by atoms with Gasteiger partial charge in [-0.25, -0.2) is 0 Å². The fourth-order valence-corrected chi connectivity index (χ4v) is 2.56. The number of aromatic nitrogens is 1. The van der Waals surface area contributed by atoms with Crippen molar-refractivity contribution in [3.63, 3.8) is 0 Å². The molecule has 0 aliphatic heterocycles. The second kappa shape index (κ2) is 6.13. The van der Waals surface area contributed by atoms with E-state index < -0.39 is 0 Å². The second-order valence-corrected chi connectivity index (χ2v) is 5.49. The summed E-state index contributed by atoms with van der Waals surface area (Å²) in [4.78, 5) is 4.33. The maximum absolute atomic E-state index is 9.81. The number of anilines is 1. The highest BCUT2D eigenvalue weighted by Crippen LogP contribution is 2.32. The second-order valence-electron chi connectivity index (χ2n) is 4.57. The number of aryl methyl sites for hydroxylation is 2. The van der Waals surface area contributed by atoms with Crippen molar-refractivity contribution < 1.29 is 9.84 Å². The summed E-state index contributed by atoms with van der Waals surface area (Å²) < 4.78 is 6.34. The Morgan fingerprint density at radius 1 is 1.30 bits per heavy atom. The number of nitrogens with zero attached hydrogens (tertiary/aromatic N) is 1. The van der Waals surface area contributed by atoms with Gasteiger partial charge in [0.15, 0.2) is 0 Å². The van der Waals surface area contributed by atoms with E-state index in [2.05, 4.69) is 26.2 Å². The van der Waals surface area contributed by atoms with Crippen LogP contribution in [0.5, 0.6) is 11.5 Å². The van der Waals surface area contributed by atoms with E-state index in [0.717, 1.165) is 27.2 Å². The van der Waals surface area contributed by atoms with E-state index in [1.807, 2.05) is 26.0 Å². The van der Waals surface area contributed by atoms with Gasteiger partial charge < -0.3 is 15.2 Å². The maximum atomic E-state index is 9.81. The molecule has 0 aliphatic carbocycles. The van der Waals surface area contributed by atoms with Crippen molar-refractivity contribution in [2.45, 2.75) is 20.4 Å². The largest absolute Gasteiger partial charge is 0.506 e. The third-order valence-electron chi connectivity index (χ3n) is 3.01. The standard InChI is InChI=1S/C15H17BrN2O2/c1-9-6-11(16)7-14(20-3)15(9)17-8-12-13(19)5-4-10(2)18-12/h4-7,17,19H,8H2,1-3H3. The first kappa shape index (κ1) is 14.7. The lowest BCUT2D eigenvalue weighted by atomic mass is 10.1. The van der Waals surface area contributed by atoms with Gasteiger partial charge in [-0.05, 0) is 43.7 Å². The normalized spacial score (nSPS) is 10.4. The molecule has 0 atom stereocenters. The fraction of sp³-hybridized carbons (Fsp3) is 0.267. The van der Waals surface area contributed by atoms with Gasteiger partial charge in [0.25, 0.3) is 0 Å². The van der Waals surface area contributed by atoms with Crippen LogP contribution in [0.15, 0.2) is 28.7 Å². The van der Waals surface area contributed by atoms with Crippen molar-refractivity contribution in [1.82, 2.24) is 4.98 Å². The molecule has 2 rings (SSSR count). The predicted octanol–water partition coefficient (Wildman–Crippen LogP) is 3.79. The molecule has 0 saturated carbocycles. The number of rotatable bonds is 4. The molecule has 1 aromatic carbocycles. The van der Waals surface area contributed by atoms with Crippen LogP contribution in [0, 0.1) is 13.8 Å². The van der Waals surface area contributed by atoms with Crippen molar-refractivity contribution in [3.8, 4) is 11.5 Å². The highest BCUT2D eigenvalue weighted by molar-refractivity contribution is 9.10. The molecule has 5 heteroatoms. The molecule has 1 aromatic heterocycles. The monoisotopic (exact) mass is 336 g/mol. The molecule has 20 heavy (non-hydrogen) atoms. The Morgan fingerprint density at radius 2 is 2.05 bits per heavy atom. The SMILES string of the molecule is COc1cc(Br)cc(C)c1NCc1nc(C)ccc1O. The predicted molar refractivity (Wildman–Crippen MR) is 83.4 cm³/mol. The summed E-state index contributed by atoms with van der Waals surface area (Å²) in [6, 6.07) is 7.35. The van der Waals surface area contributed by atoms with Gasteiger partial charge in [0.1, 0.15) is 17.2 Å². The topological polar surface area (TPSA) is 54.4 Å². The zero-order valence-corrected chi connectivity index (χ0v) is 13.3. The van der Waals surface area contributed by atoms with Crippen LogP contribution in [0.1, 0.15) is 17.0 Å². The average molecular weight is 337 g/mol. The Balaban J connectivity index is 2.25. The van der Waals surface area contributed by atoms with Crippen LogP contribution in [-0.4, -0.2) is 17.2 Å². The summed E-state index contributed by atoms with van der Waals surface area (Å²) in [7, 11) is 1.63. The van der Waals surface area contributed by atoms with Gasteiger partial charge >= 0.3 is 0 Å². The minimum absolute atomic E-state index is 0.192. The van der Waals surface area contributed by atoms with Crippen molar-refractivity contribution in [3.05, 3.63) is 45.7 Å². The summed E-state index contributed by atoms with van der Waals surface area (Å²) >= 11 is 3.44. The minimum Gasteiger partial charge on any atom is -0.506 e. The summed E-state index contributed by atoms with van der Waals surface area (Å²) in [5.41, 5.74) is 3.45. The van der Waals surface area contributed by atoms with Gasteiger partial charge in [-0.1, -0.05) is 15.9 Å². The molecule has 106 valence electrons. The molecule has 0 unspecified atom stereocenters. The number of benzene rings is 1. The Bertz CT molecular complexity index is 630. The molecule has 0 aliphatic rings. The smallest absolute Gasteiger partial charge is 0.143 e. The van der Waals surface area contributed by atoms with Crippen LogP contribution in [-0.2, 0) is 6.54 Å². The Kier molecular flexibility index (Phi) is 4.49. The number of hydrogen-bond donors (Lipinski definition) is 2. The Labute approximate surface area is 126 Å². The van der Waals surface area contributed by atoms with Crippen LogP contribution in [0.4, 0.5) is 5.69 Å². The molecule has 0 spiro atoms. The van der Waals surface area contributed by atoms with Gasteiger partial charge in [0.2, 0.25) is 0 Å². The summed E-state index contributed by atoms with van der Waals surface area (Å²) in [5, 5.41) is 13.1. The Morgan fingerprint density at radius 3 is 2.75 bits per heavy atom. The van der Waals surface area contributed by atoms with E-state index >= 15 is 0 Å². The van der Waals surface area contributed by atoms with Gasteiger partial charge in [0, 0.05) is 10.2 Å². The van der Waals surface area contributed by atoms with E-state index in [9.17, 15) is 5.11 Å². The molecule has 2 N–H and O–H groups in total. The van der Waals surface area contributed by atoms with Crippen molar-refractivity contribution in [1.29, 1.82) is 0 Å². The molecule has 0 fully saturated rings. The number of aromatic hydroxyl groups is 1. The van der Waals surface area contributed by atoms with E-state index in [0.29, 0.717) is 12.2 Å². The zero-order valence-electron chi connectivity index (χ0n) is 11.7. The Hall–Kier alpha value is -1.75. The average Bonchev–Trinajstić information content (AvgIpc) is 2.40. The van der Waals surface area contributed by atoms with Gasteiger partial charge in [-0.15, -0.1) is 0 Å².